The molecule has 2 aliphatic heterocycles. The largest absolute Gasteiger partial charge is 0.496 e. The Morgan fingerprint density at radius 2 is 1.74 bits per heavy atom. The average molecular weight is 743 g/mol. The minimum atomic E-state index is -0.184. The van der Waals surface area contributed by atoms with E-state index in [1.165, 1.54) is 5.56 Å². The van der Waals surface area contributed by atoms with Crippen molar-refractivity contribution in [2.24, 2.45) is 7.05 Å². The van der Waals surface area contributed by atoms with Gasteiger partial charge in [0.2, 0.25) is 0 Å². The lowest BCUT2D eigenvalue weighted by Gasteiger charge is -2.40. The van der Waals surface area contributed by atoms with Crippen molar-refractivity contribution in [2.45, 2.75) is 32.5 Å². The van der Waals surface area contributed by atoms with E-state index in [1.807, 2.05) is 90.2 Å². The number of rotatable bonds is 9. The van der Waals surface area contributed by atoms with Crippen LogP contribution in [0.5, 0.6) is 5.75 Å². The van der Waals surface area contributed by atoms with Gasteiger partial charge in [0.15, 0.2) is 0 Å². The van der Waals surface area contributed by atoms with Crippen LogP contribution < -0.4 is 9.64 Å². The van der Waals surface area contributed by atoms with Crippen molar-refractivity contribution in [3.63, 3.8) is 0 Å². The monoisotopic (exact) mass is 742 g/mol. The fourth-order valence-electron chi connectivity index (χ4n) is 7.84. The van der Waals surface area contributed by atoms with Crippen LogP contribution in [0.15, 0.2) is 97.2 Å². The molecule has 1 saturated heterocycles. The zero-order chi connectivity index (χ0) is 37.3. The first-order valence-corrected chi connectivity index (χ1v) is 18.7. The number of para-hydroxylation sites is 1. The molecule has 11 heteroatoms. The smallest absolute Gasteiger partial charge is 0.260 e. The number of carbonyl (C=O) groups excluding carboxylic acids is 2. The number of nitrogens with zero attached hydrogens (tertiary/aromatic N) is 5. The van der Waals surface area contributed by atoms with Gasteiger partial charge in [-0.15, -0.1) is 0 Å². The van der Waals surface area contributed by atoms with Gasteiger partial charge in [0, 0.05) is 83.4 Å². The van der Waals surface area contributed by atoms with Crippen LogP contribution in [-0.4, -0.2) is 82.4 Å². The molecular formula is C43H43ClN6O4. The minimum Gasteiger partial charge on any atom is -0.496 e. The number of benzene rings is 4. The van der Waals surface area contributed by atoms with Gasteiger partial charge in [0.05, 0.1) is 44.1 Å². The molecular weight excluding hydrogens is 700 g/mol. The number of H-pyrrole nitrogens is 1. The maximum absolute atomic E-state index is 14.9. The number of halogens is 1. The maximum atomic E-state index is 14.9. The molecule has 8 rings (SSSR count). The van der Waals surface area contributed by atoms with Crippen LogP contribution in [0.2, 0.25) is 5.02 Å². The van der Waals surface area contributed by atoms with Gasteiger partial charge < -0.3 is 23.8 Å². The van der Waals surface area contributed by atoms with Crippen LogP contribution in [-0.2, 0) is 31.3 Å². The second kappa shape index (κ2) is 15.1. The van der Waals surface area contributed by atoms with Gasteiger partial charge in [-0.1, -0.05) is 54.1 Å². The summed E-state index contributed by atoms with van der Waals surface area (Å²) < 4.78 is 13.3. The highest BCUT2D eigenvalue weighted by Crippen LogP contribution is 2.35. The fourth-order valence-corrected chi connectivity index (χ4v) is 8.01. The first-order valence-electron chi connectivity index (χ1n) is 18.3. The molecule has 0 aliphatic carbocycles. The Morgan fingerprint density at radius 3 is 2.56 bits per heavy atom. The predicted octanol–water partition coefficient (Wildman–Crippen LogP) is 7.29. The fraction of sp³-hybridized carbons (Fsp3) is 0.279. The second-order valence-corrected chi connectivity index (χ2v) is 14.5. The number of ether oxygens (including phenoxy) is 2. The average Bonchev–Trinajstić information content (AvgIpc) is 3.79. The number of morpholine rings is 1. The van der Waals surface area contributed by atoms with Crippen LogP contribution in [0, 0.1) is 6.92 Å². The number of carbonyl (C=O) groups is 2. The molecule has 1 atom stereocenters. The summed E-state index contributed by atoms with van der Waals surface area (Å²) in [6.45, 7) is 6.57. The Morgan fingerprint density at radius 1 is 0.963 bits per heavy atom. The van der Waals surface area contributed by atoms with Crippen molar-refractivity contribution >= 4 is 40.0 Å². The molecule has 1 N–H and O–H groups in total. The molecule has 6 aromatic rings. The lowest BCUT2D eigenvalue weighted by Crippen LogP contribution is -2.52. The molecule has 2 aromatic heterocycles. The topological polar surface area (TPSA) is 95.9 Å². The number of methoxy groups -OCH3 is 1. The number of hydrogen-bond acceptors (Lipinski definition) is 6. The second-order valence-electron chi connectivity index (χ2n) is 14.1. The van der Waals surface area contributed by atoms with Crippen molar-refractivity contribution in [1.29, 1.82) is 0 Å². The van der Waals surface area contributed by atoms with Gasteiger partial charge in [0.1, 0.15) is 5.75 Å². The third-order valence-corrected chi connectivity index (χ3v) is 11.2. The summed E-state index contributed by atoms with van der Waals surface area (Å²) in [6.07, 6.45) is 2.53. The lowest BCUT2D eigenvalue weighted by atomic mass is 9.92. The van der Waals surface area contributed by atoms with Crippen LogP contribution >= 0.6 is 11.6 Å². The highest BCUT2D eigenvalue weighted by atomic mass is 35.5. The van der Waals surface area contributed by atoms with Gasteiger partial charge in [-0.05, 0) is 73.0 Å². The quantitative estimate of drug-likeness (QED) is 0.167. The SMILES string of the molecule is COc1ccccc1CN(C(=O)c1cc(-c2cc(Cl)ccc2C(=O)N2Cc3ccccc3C[C@H]2CN2CCOCC2)n(C)c1C)c1ccc2[nH]ncc2c1. The van der Waals surface area contributed by atoms with E-state index in [1.54, 1.807) is 24.3 Å². The summed E-state index contributed by atoms with van der Waals surface area (Å²) in [7, 11) is 3.56. The summed E-state index contributed by atoms with van der Waals surface area (Å²) in [4.78, 5) is 35.9. The zero-order valence-corrected chi connectivity index (χ0v) is 31.5. The first kappa shape index (κ1) is 35.6. The Labute approximate surface area is 319 Å². The molecule has 276 valence electrons. The molecule has 2 amide bonds. The summed E-state index contributed by atoms with van der Waals surface area (Å²) in [5.41, 5.74) is 8.14. The van der Waals surface area contributed by atoms with E-state index in [-0.39, 0.29) is 24.4 Å². The van der Waals surface area contributed by atoms with E-state index in [9.17, 15) is 9.59 Å². The van der Waals surface area contributed by atoms with Gasteiger partial charge in [0.25, 0.3) is 11.8 Å². The molecule has 10 nitrogen and oxygen atoms in total. The molecule has 2 aliphatic rings. The van der Waals surface area contributed by atoms with E-state index in [4.69, 9.17) is 21.1 Å². The summed E-state index contributed by atoms with van der Waals surface area (Å²) in [5, 5.41) is 8.58. The Kier molecular flexibility index (Phi) is 9.98. The predicted molar refractivity (Wildman–Crippen MR) is 211 cm³/mol. The Bertz CT molecular complexity index is 2340. The number of nitrogens with one attached hydrogen (secondary N) is 1. The van der Waals surface area contributed by atoms with E-state index >= 15 is 0 Å². The standard InChI is InChI=1S/C43H43ClN6O4/c1-28-37(43(52)49(26-31-10-6-7-11-41(31)53-3)34-13-15-39-32(21-34)24-45-46-39)23-40(47(28)2)38-22-33(44)12-14-36(38)42(51)50-25-30-9-5-4-8-29(30)20-35(50)27-48-16-18-54-19-17-48/h4-15,21-24,35H,16-20,25-27H2,1-3H3,(H,45,46)/t35-/m0/s1. The summed E-state index contributed by atoms with van der Waals surface area (Å²) in [6, 6.07) is 29.2. The number of amides is 2. The third-order valence-electron chi connectivity index (χ3n) is 10.9. The van der Waals surface area contributed by atoms with Gasteiger partial charge >= 0.3 is 0 Å². The lowest BCUT2D eigenvalue weighted by molar-refractivity contribution is 0.0193. The number of fused-ring (bicyclic) bond motifs is 2. The normalized spacial score (nSPS) is 16.0. The molecule has 0 bridgehead atoms. The third kappa shape index (κ3) is 6.88. The molecule has 4 heterocycles. The molecule has 0 radical (unpaired) electrons. The van der Waals surface area contributed by atoms with E-state index < -0.39 is 0 Å². The molecule has 0 saturated carbocycles. The highest BCUT2D eigenvalue weighted by Gasteiger charge is 2.34. The number of hydrogen-bond donors (Lipinski definition) is 1. The Hall–Kier alpha value is -5.42. The van der Waals surface area contributed by atoms with Crippen LogP contribution in [0.25, 0.3) is 22.2 Å². The first-order chi connectivity index (χ1) is 26.3. The minimum absolute atomic E-state index is 0.0163. The van der Waals surface area contributed by atoms with Gasteiger partial charge in [-0.3, -0.25) is 19.6 Å². The Balaban J connectivity index is 1.17. The van der Waals surface area contributed by atoms with Crippen LogP contribution in [0.4, 0.5) is 5.69 Å². The van der Waals surface area contributed by atoms with E-state index in [0.717, 1.165) is 65.2 Å². The maximum Gasteiger partial charge on any atom is 0.260 e. The van der Waals surface area contributed by atoms with E-state index in [0.29, 0.717) is 47.2 Å². The van der Waals surface area contributed by atoms with Crippen molar-refractivity contribution in [1.82, 2.24) is 24.6 Å². The van der Waals surface area contributed by atoms with Crippen molar-refractivity contribution in [3.8, 4) is 17.0 Å². The van der Waals surface area contributed by atoms with Gasteiger partial charge in [-0.25, -0.2) is 0 Å². The molecule has 54 heavy (non-hydrogen) atoms. The molecule has 4 aromatic carbocycles. The number of aromatic amines is 1. The summed E-state index contributed by atoms with van der Waals surface area (Å²) in [5.74, 6) is 0.447. The van der Waals surface area contributed by atoms with Crippen molar-refractivity contribution in [3.05, 3.63) is 136 Å². The van der Waals surface area contributed by atoms with Crippen molar-refractivity contribution < 1.29 is 19.1 Å². The van der Waals surface area contributed by atoms with Crippen LogP contribution in [0.3, 0.4) is 0 Å². The molecule has 0 unspecified atom stereocenters. The number of aromatic nitrogens is 3. The number of anilines is 1. The van der Waals surface area contributed by atoms with Crippen LogP contribution in [0.1, 0.15) is 43.1 Å². The molecule has 1 fully saturated rings. The van der Waals surface area contributed by atoms with Gasteiger partial charge in [-0.2, -0.15) is 5.10 Å². The van der Waals surface area contributed by atoms with Crippen molar-refractivity contribution in [2.75, 3.05) is 44.9 Å². The molecule has 0 spiro atoms. The van der Waals surface area contributed by atoms with E-state index in [2.05, 4.69) is 33.3 Å². The zero-order valence-electron chi connectivity index (χ0n) is 30.7. The summed E-state index contributed by atoms with van der Waals surface area (Å²) >= 11 is 6.68. The highest BCUT2D eigenvalue weighted by molar-refractivity contribution is 6.31.